The second-order valence-corrected chi connectivity index (χ2v) is 11.5. The number of amides is 1. The van der Waals surface area contributed by atoms with Crippen LogP contribution in [0.25, 0.3) is 0 Å². The number of nitrogens with one attached hydrogen (secondary N) is 1. The summed E-state index contributed by atoms with van der Waals surface area (Å²) in [5.41, 5.74) is 2.01. The van der Waals surface area contributed by atoms with Crippen molar-refractivity contribution in [2.75, 3.05) is 33.4 Å². The molecule has 2 aromatic carbocycles. The molecule has 0 saturated carbocycles. The number of sulfonamides is 1. The molecule has 0 aliphatic carbocycles. The average Bonchev–Trinajstić information content (AvgIpc) is 3.51. The molecule has 4 rings (SSSR count). The number of carbonyl (C=O) groups is 1. The van der Waals surface area contributed by atoms with E-state index in [0.29, 0.717) is 18.7 Å². The minimum absolute atomic E-state index is 0.00283. The van der Waals surface area contributed by atoms with E-state index in [1.54, 1.807) is 29.5 Å². The number of methoxy groups -OCH3 is 1. The number of thiophene rings is 1. The fraction of sp³-hybridized carbons (Fsp3) is 0.321. The molecule has 0 spiro atoms. The number of benzene rings is 2. The van der Waals surface area contributed by atoms with Crippen LogP contribution in [0.15, 0.2) is 88.2 Å². The summed E-state index contributed by atoms with van der Waals surface area (Å²) < 4.78 is 44.5. The molecule has 2 N–H and O–H groups in total. The molecule has 1 amide bonds. The fourth-order valence-corrected chi connectivity index (χ4v) is 6.29. The van der Waals surface area contributed by atoms with Gasteiger partial charge in [0.15, 0.2) is 5.76 Å². The maximum absolute atomic E-state index is 13.2. The van der Waals surface area contributed by atoms with Crippen LogP contribution in [-0.2, 0) is 30.8 Å². The number of ether oxygens (including phenoxy) is 3. The Morgan fingerprint density at radius 3 is 2.56 bits per heavy atom. The van der Waals surface area contributed by atoms with Crippen molar-refractivity contribution in [3.8, 4) is 5.75 Å². The number of aliphatic hydroxyl groups excluding tert-OH is 1. The first-order valence-electron chi connectivity index (χ1n) is 12.5. The third-order valence-electron chi connectivity index (χ3n) is 6.24. The van der Waals surface area contributed by atoms with Gasteiger partial charge in [0.2, 0.25) is 16.3 Å². The summed E-state index contributed by atoms with van der Waals surface area (Å²) in [6, 6.07) is 17.6. The summed E-state index contributed by atoms with van der Waals surface area (Å²) in [4.78, 5) is 13.0. The van der Waals surface area contributed by atoms with Gasteiger partial charge in [-0.25, -0.2) is 8.42 Å². The van der Waals surface area contributed by atoms with Crippen LogP contribution in [0.4, 0.5) is 0 Å². The summed E-state index contributed by atoms with van der Waals surface area (Å²) in [5.74, 6) is 0.258. The minimum Gasteiger partial charge on any atom is -0.497 e. The van der Waals surface area contributed by atoms with Gasteiger partial charge in [-0.05, 0) is 58.3 Å². The standard InChI is InChI=1S/C28H32N2O7S2/c1-35-24-7-9-25(10-8-24)39(33,34)30(12-14-31)13-15-36-27-18-23(22-11-16-38-20-22)17-26(37-27)28(32)29-19-21-5-3-2-4-6-21/h2-11,16-17,20,23,27,31H,12-15,18-19H2,1H3,(H,29,32)/t23-,27?/m0/s1. The van der Waals surface area contributed by atoms with E-state index in [1.807, 2.05) is 47.2 Å². The zero-order chi connectivity index (χ0) is 27.7. The van der Waals surface area contributed by atoms with Gasteiger partial charge in [-0.15, -0.1) is 0 Å². The molecule has 39 heavy (non-hydrogen) atoms. The van der Waals surface area contributed by atoms with Crippen LogP contribution in [0.2, 0.25) is 0 Å². The molecule has 9 nitrogen and oxygen atoms in total. The van der Waals surface area contributed by atoms with Gasteiger partial charge in [0, 0.05) is 32.0 Å². The normalized spacial score (nSPS) is 17.4. The third-order valence-corrected chi connectivity index (χ3v) is 8.85. The highest BCUT2D eigenvalue weighted by Crippen LogP contribution is 2.32. The zero-order valence-electron chi connectivity index (χ0n) is 21.6. The Labute approximate surface area is 232 Å². The number of hydrogen-bond donors (Lipinski definition) is 2. The smallest absolute Gasteiger partial charge is 0.286 e. The first kappa shape index (κ1) is 28.8. The van der Waals surface area contributed by atoms with Crippen LogP contribution in [0.1, 0.15) is 23.5 Å². The van der Waals surface area contributed by atoms with Gasteiger partial charge in [-0.3, -0.25) is 4.79 Å². The van der Waals surface area contributed by atoms with Crippen LogP contribution in [0, 0.1) is 0 Å². The largest absolute Gasteiger partial charge is 0.497 e. The Hall–Kier alpha value is -3.22. The molecule has 0 bridgehead atoms. The van der Waals surface area contributed by atoms with Crippen molar-refractivity contribution in [2.24, 2.45) is 0 Å². The van der Waals surface area contributed by atoms with Gasteiger partial charge in [-0.2, -0.15) is 15.6 Å². The molecule has 1 aliphatic heterocycles. The Bertz CT molecular complexity index is 1330. The number of allylic oxidation sites excluding steroid dienone is 1. The predicted molar refractivity (Wildman–Crippen MR) is 148 cm³/mol. The van der Waals surface area contributed by atoms with Crippen molar-refractivity contribution in [3.63, 3.8) is 0 Å². The number of rotatable bonds is 13. The molecule has 1 aliphatic rings. The molecule has 0 saturated heterocycles. The maximum atomic E-state index is 13.2. The van der Waals surface area contributed by atoms with E-state index >= 15 is 0 Å². The molecule has 208 valence electrons. The van der Waals surface area contributed by atoms with Crippen LogP contribution in [0.5, 0.6) is 5.75 Å². The van der Waals surface area contributed by atoms with E-state index in [0.717, 1.165) is 15.4 Å². The first-order chi connectivity index (χ1) is 18.9. The molecule has 0 radical (unpaired) electrons. The zero-order valence-corrected chi connectivity index (χ0v) is 23.2. The van der Waals surface area contributed by atoms with E-state index in [-0.39, 0.29) is 48.8 Å². The van der Waals surface area contributed by atoms with Crippen LogP contribution < -0.4 is 10.1 Å². The molecule has 1 unspecified atom stereocenters. The number of aliphatic hydroxyl groups is 1. The van der Waals surface area contributed by atoms with Gasteiger partial charge in [-0.1, -0.05) is 30.3 Å². The maximum Gasteiger partial charge on any atom is 0.286 e. The van der Waals surface area contributed by atoms with Crippen LogP contribution in [0.3, 0.4) is 0 Å². The second kappa shape index (κ2) is 13.7. The molecule has 2 atom stereocenters. The number of carbonyl (C=O) groups excluding carboxylic acids is 1. The lowest BCUT2D eigenvalue weighted by molar-refractivity contribution is -0.146. The lowest BCUT2D eigenvalue weighted by Gasteiger charge is -2.30. The van der Waals surface area contributed by atoms with Crippen molar-refractivity contribution in [2.45, 2.75) is 30.1 Å². The second-order valence-electron chi connectivity index (χ2n) is 8.82. The molecule has 1 aromatic heterocycles. The number of hydrogen-bond acceptors (Lipinski definition) is 8. The van der Waals surface area contributed by atoms with Crippen molar-refractivity contribution < 1.29 is 32.5 Å². The molecule has 11 heteroatoms. The third kappa shape index (κ3) is 7.68. The Balaban J connectivity index is 1.41. The quantitative estimate of drug-likeness (QED) is 0.322. The highest BCUT2D eigenvalue weighted by atomic mass is 32.2. The van der Waals surface area contributed by atoms with E-state index in [9.17, 15) is 18.3 Å². The molecule has 2 heterocycles. The lowest BCUT2D eigenvalue weighted by Crippen LogP contribution is -2.38. The van der Waals surface area contributed by atoms with Gasteiger partial charge in [0.25, 0.3) is 5.91 Å². The van der Waals surface area contributed by atoms with Crippen molar-refractivity contribution in [1.29, 1.82) is 0 Å². The fourth-order valence-electron chi connectivity index (χ4n) is 4.15. The molecular weight excluding hydrogens is 540 g/mol. The minimum atomic E-state index is -3.87. The van der Waals surface area contributed by atoms with Gasteiger partial charge < -0.3 is 24.6 Å². The van der Waals surface area contributed by atoms with E-state index < -0.39 is 16.3 Å². The SMILES string of the molecule is COc1ccc(S(=O)(=O)N(CCO)CCOC2C[C@@H](c3ccsc3)C=C(C(=O)NCc3ccccc3)O2)cc1. The van der Waals surface area contributed by atoms with E-state index in [4.69, 9.17) is 14.2 Å². The van der Waals surface area contributed by atoms with E-state index in [2.05, 4.69) is 5.32 Å². The summed E-state index contributed by atoms with van der Waals surface area (Å²) in [6.45, 7) is -0.0708. The van der Waals surface area contributed by atoms with Crippen molar-refractivity contribution in [1.82, 2.24) is 9.62 Å². The van der Waals surface area contributed by atoms with Gasteiger partial charge in [0.1, 0.15) is 5.75 Å². The Morgan fingerprint density at radius 2 is 1.90 bits per heavy atom. The Kier molecular flexibility index (Phi) is 10.1. The summed E-state index contributed by atoms with van der Waals surface area (Å²) in [7, 11) is -2.37. The topological polar surface area (TPSA) is 114 Å². The molecule has 0 fully saturated rings. The van der Waals surface area contributed by atoms with Crippen molar-refractivity contribution >= 4 is 27.3 Å². The highest BCUT2D eigenvalue weighted by Gasteiger charge is 2.30. The Morgan fingerprint density at radius 1 is 1.13 bits per heavy atom. The summed E-state index contributed by atoms with van der Waals surface area (Å²) in [6.07, 6.45) is 1.52. The highest BCUT2D eigenvalue weighted by molar-refractivity contribution is 7.89. The van der Waals surface area contributed by atoms with Crippen molar-refractivity contribution in [3.05, 3.63) is 94.4 Å². The van der Waals surface area contributed by atoms with Crippen LogP contribution >= 0.6 is 11.3 Å². The molecule has 3 aromatic rings. The first-order valence-corrected chi connectivity index (χ1v) is 14.9. The summed E-state index contributed by atoms with van der Waals surface area (Å²) >= 11 is 1.57. The predicted octanol–water partition coefficient (Wildman–Crippen LogP) is 3.49. The van der Waals surface area contributed by atoms with Gasteiger partial charge >= 0.3 is 0 Å². The van der Waals surface area contributed by atoms with Crippen LogP contribution in [-0.4, -0.2) is 63.4 Å². The average molecular weight is 573 g/mol. The van der Waals surface area contributed by atoms with E-state index in [1.165, 1.54) is 19.2 Å². The lowest BCUT2D eigenvalue weighted by atomic mass is 9.95. The number of nitrogens with zero attached hydrogens (tertiary/aromatic N) is 1. The van der Waals surface area contributed by atoms with Gasteiger partial charge in [0.05, 0.1) is 25.2 Å². The monoisotopic (exact) mass is 572 g/mol. The summed E-state index contributed by atoms with van der Waals surface area (Å²) in [5, 5.41) is 16.4. The molecular formula is C28H32N2O7S2.